The number of fused-ring (bicyclic) bond motifs is 2. The molecule has 0 N–H and O–H groups in total. The number of rotatable bonds is 4. The molecule has 0 radical (unpaired) electrons. The van der Waals surface area contributed by atoms with Crippen molar-refractivity contribution in [2.24, 2.45) is 11.8 Å². The molecule has 1 saturated carbocycles. The van der Waals surface area contributed by atoms with Crippen LogP contribution in [0.3, 0.4) is 0 Å². The van der Waals surface area contributed by atoms with Crippen LogP contribution in [0.4, 0.5) is 0 Å². The van der Waals surface area contributed by atoms with E-state index in [2.05, 4.69) is 12.7 Å². The third-order valence-electron chi connectivity index (χ3n) is 4.74. The minimum absolute atomic E-state index is 0.0346. The van der Waals surface area contributed by atoms with E-state index in [-0.39, 0.29) is 30.5 Å². The largest absolute Gasteiger partial charge is 0.359 e. The number of ether oxygens (including phenoxy) is 4. The summed E-state index contributed by atoms with van der Waals surface area (Å²) in [6.07, 6.45) is 4.45. The van der Waals surface area contributed by atoms with E-state index in [1.165, 1.54) is 0 Å². The van der Waals surface area contributed by atoms with Crippen LogP contribution in [-0.4, -0.2) is 43.8 Å². The van der Waals surface area contributed by atoms with E-state index in [9.17, 15) is 4.79 Å². The zero-order valence-electron chi connectivity index (χ0n) is 13.4. The summed E-state index contributed by atoms with van der Waals surface area (Å²) in [5.41, 5.74) is 1.07. The average molecular weight is 308 g/mol. The van der Waals surface area contributed by atoms with Crippen LogP contribution in [0.2, 0.25) is 0 Å². The number of ketones is 1. The van der Waals surface area contributed by atoms with E-state index >= 15 is 0 Å². The van der Waals surface area contributed by atoms with E-state index in [1.807, 2.05) is 19.9 Å². The zero-order chi connectivity index (χ0) is 15.9. The molecular formula is C17H24O5. The lowest BCUT2D eigenvalue weighted by Gasteiger charge is -2.44. The molecule has 22 heavy (non-hydrogen) atoms. The normalized spacial score (nSPS) is 39.9. The minimum atomic E-state index is -0.773. The summed E-state index contributed by atoms with van der Waals surface area (Å²) in [6.45, 7) is 7.72. The van der Waals surface area contributed by atoms with Crippen molar-refractivity contribution >= 4 is 5.78 Å². The van der Waals surface area contributed by atoms with Gasteiger partial charge in [0.1, 0.15) is 19.0 Å². The van der Waals surface area contributed by atoms with Crippen LogP contribution in [0.15, 0.2) is 24.3 Å². The maximum atomic E-state index is 12.9. The Labute approximate surface area is 131 Å². The molecule has 3 rings (SSSR count). The summed E-state index contributed by atoms with van der Waals surface area (Å²) in [5.74, 6) is -0.776. The highest BCUT2D eigenvalue weighted by Crippen LogP contribution is 2.47. The Balaban J connectivity index is 1.97. The van der Waals surface area contributed by atoms with E-state index < -0.39 is 18.0 Å². The maximum Gasteiger partial charge on any atom is 0.168 e. The number of hydrogen-bond donors (Lipinski definition) is 0. The average Bonchev–Trinajstić information content (AvgIpc) is 2.82. The Morgan fingerprint density at radius 2 is 2.23 bits per heavy atom. The first-order chi connectivity index (χ1) is 10.5. The lowest BCUT2D eigenvalue weighted by Crippen LogP contribution is -2.57. The maximum absolute atomic E-state index is 12.9. The van der Waals surface area contributed by atoms with E-state index in [0.717, 1.165) is 18.4 Å². The molecule has 0 spiro atoms. The van der Waals surface area contributed by atoms with Crippen molar-refractivity contribution in [2.45, 2.75) is 50.8 Å². The summed E-state index contributed by atoms with van der Waals surface area (Å²) in [5, 5.41) is 0. The van der Waals surface area contributed by atoms with Gasteiger partial charge in [-0.25, -0.2) is 0 Å². The van der Waals surface area contributed by atoms with E-state index in [4.69, 9.17) is 18.9 Å². The molecule has 0 aromatic rings. The van der Waals surface area contributed by atoms with Gasteiger partial charge in [-0.15, -0.1) is 0 Å². The molecule has 2 aliphatic carbocycles. The van der Waals surface area contributed by atoms with Crippen LogP contribution in [0.1, 0.15) is 26.7 Å². The fourth-order valence-electron chi connectivity index (χ4n) is 3.94. The van der Waals surface area contributed by atoms with Gasteiger partial charge in [-0.05, 0) is 32.3 Å². The first-order valence-corrected chi connectivity index (χ1v) is 7.81. The molecule has 122 valence electrons. The number of allylic oxidation sites excluding steroid dienone is 2. The van der Waals surface area contributed by atoms with Crippen molar-refractivity contribution in [3.8, 4) is 0 Å². The Bertz CT molecular complexity index is 495. The number of carbonyl (C=O) groups is 1. The highest BCUT2D eigenvalue weighted by molar-refractivity contribution is 5.88. The fraction of sp³-hybridized carbons (Fsp3) is 0.706. The Hall–Kier alpha value is -1.01. The molecule has 3 aliphatic rings. The van der Waals surface area contributed by atoms with Crippen molar-refractivity contribution in [3.63, 3.8) is 0 Å². The molecule has 0 bridgehead atoms. The first kappa shape index (κ1) is 15.9. The van der Waals surface area contributed by atoms with Gasteiger partial charge in [0.25, 0.3) is 0 Å². The van der Waals surface area contributed by atoms with Crippen molar-refractivity contribution in [3.05, 3.63) is 24.3 Å². The molecule has 1 saturated heterocycles. The SMILES string of the molecule is C=CC1=CCC[C@@H]2C(=O)[C@@H]3OC(C)(C)O[C@@H]3[C@@H](OCOC)[C@H]12. The standard InChI is InChI=1S/C17H24O5/c1-5-10-7-6-8-11-12(10)14(20-9-19-4)16-15(13(11)18)21-17(2,3)22-16/h5,7,11-12,14-16H,1,6,8-9H2,2-4H3/t11-,12+,14-,15-,16+/m0/s1. The molecule has 0 aromatic heterocycles. The second-order valence-corrected chi connectivity index (χ2v) is 6.58. The zero-order valence-corrected chi connectivity index (χ0v) is 13.4. The Morgan fingerprint density at radius 3 is 2.91 bits per heavy atom. The van der Waals surface area contributed by atoms with Gasteiger partial charge in [-0.3, -0.25) is 4.79 Å². The molecule has 2 fully saturated rings. The molecule has 1 aliphatic heterocycles. The summed E-state index contributed by atoms with van der Waals surface area (Å²) in [7, 11) is 1.59. The predicted octanol–water partition coefficient (Wildman–Crippen LogP) is 2.22. The van der Waals surface area contributed by atoms with Crippen molar-refractivity contribution in [2.75, 3.05) is 13.9 Å². The van der Waals surface area contributed by atoms with Gasteiger partial charge in [-0.2, -0.15) is 0 Å². The van der Waals surface area contributed by atoms with Crippen LogP contribution in [-0.2, 0) is 23.7 Å². The van der Waals surface area contributed by atoms with Gasteiger partial charge in [0, 0.05) is 18.9 Å². The van der Waals surface area contributed by atoms with Crippen LogP contribution < -0.4 is 0 Å². The van der Waals surface area contributed by atoms with Gasteiger partial charge in [0.15, 0.2) is 11.6 Å². The fourth-order valence-corrected chi connectivity index (χ4v) is 3.94. The minimum Gasteiger partial charge on any atom is -0.359 e. The molecule has 5 nitrogen and oxygen atoms in total. The van der Waals surface area contributed by atoms with Crippen LogP contribution in [0, 0.1) is 11.8 Å². The predicted molar refractivity (Wildman–Crippen MR) is 80.1 cm³/mol. The summed E-state index contributed by atoms with van der Waals surface area (Å²) in [4.78, 5) is 12.9. The molecule has 0 aromatic carbocycles. The Kier molecular flexibility index (Phi) is 4.25. The highest BCUT2D eigenvalue weighted by atomic mass is 16.8. The third-order valence-corrected chi connectivity index (χ3v) is 4.74. The monoisotopic (exact) mass is 308 g/mol. The first-order valence-electron chi connectivity index (χ1n) is 7.81. The number of carbonyl (C=O) groups excluding carboxylic acids is 1. The highest BCUT2D eigenvalue weighted by Gasteiger charge is 2.59. The molecular weight excluding hydrogens is 284 g/mol. The topological polar surface area (TPSA) is 54.0 Å². The Morgan fingerprint density at radius 1 is 1.45 bits per heavy atom. The molecule has 0 unspecified atom stereocenters. The van der Waals surface area contributed by atoms with Gasteiger partial charge in [-0.1, -0.05) is 18.7 Å². The van der Waals surface area contributed by atoms with Gasteiger partial charge in [0.05, 0.1) is 6.10 Å². The van der Waals surface area contributed by atoms with Crippen LogP contribution in [0.5, 0.6) is 0 Å². The number of hydrogen-bond acceptors (Lipinski definition) is 5. The summed E-state index contributed by atoms with van der Waals surface area (Å²) in [6, 6.07) is 0. The second kappa shape index (κ2) is 5.89. The van der Waals surface area contributed by atoms with Crippen LogP contribution >= 0.6 is 0 Å². The van der Waals surface area contributed by atoms with Crippen molar-refractivity contribution < 1.29 is 23.7 Å². The number of methoxy groups -OCH3 is 1. The quantitative estimate of drug-likeness (QED) is 0.745. The van der Waals surface area contributed by atoms with E-state index in [1.54, 1.807) is 7.11 Å². The van der Waals surface area contributed by atoms with E-state index in [0.29, 0.717) is 0 Å². The van der Waals surface area contributed by atoms with Gasteiger partial charge in [0.2, 0.25) is 0 Å². The molecule has 5 atom stereocenters. The molecule has 1 heterocycles. The lowest BCUT2D eigenvalue weighted by atomic mass is 9.66. The van der Waals surface area contributed by atoms with Crippen molar-refractivity contribution in [1.82, 2.24) is 0 Å². The van der Waals surface area contributed by atoms with Gasteiger partial charge < -0.3 is 18.9 Å². The second-order valence-electron chi connectivity index (χ2n) is 6.58. The molecule has 5 heteroatoms. The third kappa shape index (κ3) is 2.56. The van der Waals surface area contributed by atoms with Crippen LogP contribution in [0.25, 0.3) is 0 Å². The summed E-state index contributed by atoms with van der Waals surface area (Å²) < 4.78 is 22.8. The summed E-state index contributed by atoms with van der Waals surface area (Å²) >= 11 is 0. The van der Waals surface area contributed by atoms with Gasteiger partial charge >= 0.3 is 0 Å². The lowest BCUT2D eigenvalue weighted by molar-refractivity contribution is -0.180. The number of Topliss-reactive ketones (excluding diaryl/α,β-unsaturated/α-hetero) is 1. The molecule has 0 amide bonds. The smallest absolute Gasteiger partial charge is 0.168 e. The van der Waals surface area contributed by atoms with Crippen molar-refractivity contribution in [1.29, 1.82) is 0 Å².